The van der Waals surface area contributed by atoms with E-state index in [2.05, 4.69) is 37.3 Å². The fourth-order valence-electron chi connectivity index (χ4n) is 3.16. The molecule has 0 bridgehead atoms. The first-order valence-corrected chi connectivity index (χ1v) is 8.90. The van der Waals surface area contributed by atoms with E-state index in [9.17, 15) is 4.79 Å². The Balaban J connectivity index is 1.68. The van der Waals surface area contributed by atoms with Gasteiger partial charge in [0, 0.05) is 18.7 Å². The zero-order valence-electron chi connectivity index (χ0n) is 14.4. The lowest BCUT2D eigenvalue weighted by molar-refractivity contribution is 0.0775. The highest BCUT2D eigenvalue weighted by atomic mass is 16.2. The summed E-state index contributed by atoms with van der Waals surface area (Å²) in [6.07, 6.45) is 6.67. The lowest BCUT2D eigenvalue weighted by Gasteiger charge is -2.28. The van der Waals surface area contributed by atoms with Crippen molar-refractivity contribution in [3.05, 3.63) is 77.4 Å². The molecule has 1 aliphatic rings. The van der Waals surface area contributed by atoms with Gasteiger partial charge in [-0.05, 0) is 48.1 Å². The van der Waals surface area contributed by atoms with Gasteiger partial charge in [0.2, 0.25) is 0 Å². The van der Waals surface area contributed by atoms with Crippen LogP contribution in [0.4, 0.5) is 0 Å². The first-order chi connectivity index (χ1) is 11.8. The van der Waals surface area contributed by atoms with Crippen molar-refractivity contribution < 1.29 is 4.79 Å². The maximum atomic E-state index is 12.8. The molecule has 2 aromatic carbocycles. The van der Waals surface area contributed by atoms with Gasteiger partial charge in [0.15, 0.2) is 0 Å². The summed E-state index contributed by atoms with van der Waals surface area (Å²) in [6, 6.07) is 18.5. The van der Waals surface area contributed by atoms with E-state index in [1.165, 1.54) is 29.5 Å². The quantitative estimate of drug-likeness (QED) is 0.763. The third kappa shape index (κ3) is 3.94. The lowest BCUT2D eigenvalue weighted by Crippen LogP contribution is -2.35. The second kappa shape index (κ2) is 7.96. The van der Waals surface area contributed by atoms with E-state index < -0.39 is 0 Å². The molecule has 1 heterocycles. The summed E-state index contributed by atoms with van der Waals surface area (Å²) in [7, 11) is 0. The fraction of sp³-hybridized carbons (Fsp3) is 0.318. The molecule has 1 amide bonds. The zero-order chi connectivity index (χ0) is 16.8. The molecule has 0 saturated heterocycles. The Labute approximate surface area is 144 Å². The van der Waals surface area contributed by atoms with E-state index >= 15 is 0 Å². The Hall–Kier alpha value is -2.35. The van der Waals surface area contributed by atoms with Gasteiger partial charge in [0.25, 0.3) is 5.91 Å². The average molecular weight is 319 g/mol. The molecule has 2 nitrogen and oxygen atoms in total. The van der Waals surface area contributed by atoms with E-state index in [0.717, 1.165) is 24.9 Å². The summed E-state index contributed by atoms with van der Waals surface area (Å²) in [5.74, 6) is 0.138. The van der Waals surface area contributed by atoms with Crippen LogP contribution < -0.4 is 0 Å². The summed E-state index contributed by atoms with van der Waals surface area (Å²) < 4.78 is 0. The first kappa shape index (κ1) is 16.5. The minimum absolute atomic E-state index is 0.138. The highest BCUT2D eigenvalue weighted by Gasteiger charge is 2.20. The molecule has 0 aromatic heterocycles. The van der Waals surface area contributed by atoms with Crippen molar-refractivity contribution in [3.8, 4) is 0 Å². The van der Waals surface area contributed by atoms with E-state index in [0.29, 0.717) is 6.54 Å². The summed E-state index contributed by atoms with van der Waals surface area (Å²) >= 11 is 0. The van der Waals surface area contributed by atoms with E-state index in [1.807, 2.05) is 35.2 Å². The van der Waals surface area contributed by atoms with Gasteiger partial charge in [-0.1, -0.05) is 61.9 Å². The standard InChI is InChI=1S/C22H25NO/c1-2-3-8-18-12-14-20(15-13-18)22(24)23-16-7-11-21(17-23)19-9-5-4-6-10-19/h4-6,9-15H,2-3,7-8,16-17H2,1H3. The van der Waals surface area contributed by atoms with Crippen LogP contribution >= 0.6 is 0 Å². The molecule has 1 aliphatic heterocycles. The van der Waals surface area contributed by atoms with E-state index in [4.69, 9.17) is 0 Å². The number of carbonyl (C=O) groups is 1. The molecule has 3 rings (SSSR count). The molecule has 2 heteroatoms. The number of hydrogen-bond donors (Lipinski definition) is 0. The Kier molecular flexibility index (Phi) is 5.47. The summed E-state index contributed by atoms with van der Waals surface area (Å²) in [6.45, 7) is 3.69. The molecule has 0 aliphatic carbocycles. The zero-order valence-corrected chi connectivity index (χ0v) is 14.4. The average Bonchev–Trinajstić information content (AvgIpc) is 2.67. The third-order valence-electron chi connectivity index (χ3n) is 4.60. The van der Waals surface area contributed by atoms with Crippen LogP contribution in [-0.2, 0) is 6.42 Å². The van der Waals surface area contributed by atoms with Crippen molar-refractivity contribution in [2.24, 2.45) is 0 Å². The Morgan fingerprint density at radius 2 is 1.79 bits per heavy atom. The Morgan fingerprint density at radius 1 is 1.04 bits per heavy atom. The van der Waals surface area contributed by atoms with Gasteiger partial charge >= 0.3 is 0 Å². The normalized spacial score (nSPS) is 14.4. The number of amides is 1. The van der Waals surface area contributed by atoms with Gasteiger partial charge in [0.1, 0.15) is 0 Å². The topological polar surface area (TPSA) is 20.3 Å². The molecule has 24 heavy (non-hydrogen) atoms. The van der Waals surface area contributed by atoms with Crippen LogP contribution in [0.25, 0.3) is 5.57 Å². The van der Waals surface area contributed by atoms with Crippen LogP contribution in [0, 0.1) is 0 Å². The van der Waals surface area contributed by atoms with Crippen LogP contribution in [0.3, 0.4) is 0 Å². The van der Waals surface area contributed by atoms with Crippen LogP contribution in [0.2, 0.25) is 0 Å². The number of carbonyl (C=O) groups excluding carboxylic acids is 1. The molecule has 124 valence electrons. The van der Waals surface area contributed by atoms with Crippen molar-refractivity contribution in [1.82, 2.24) is 4.90 Å². The van der Waals surface area contributed by atoms with Gasteiger partial charge in [-0.3, -0.25) is 4.79 Å². The SMILES string of the molecule is CCCCc1ccc(C(=O)N2CCC=C(c3ccccc3)C2)cc1. The summed E-state index contributed by atoms with van der Waals surface area (Å²) in [5.41, 5.74) is 4.57. The molecule has 0 spiro atoms. The van der Waals surface area contributed by atoms with E-state index in [-0.39, 0.29) is 5.91 Å². The molecular weight excluding hydrogens is 294 g/mol. The molecular formula is C22H25NO. The molecule has 0 radical (unpaired) electrons. The predicted molar refractivity (Wildman–Crippen MR) is 100.0 cm³/mol. The second-order valence-corrected chi connectivity index (χ2v) is 6.41. The fourth-order valence-corrected chi connectivity index (χ4v) is 3.16. The van der Waals surface area contributed by atoms with Gasteiger partial charge in [0.05, 0.1) is 0 Å². The van der Waals surface area contributed by atoms with Crippen molar-refractivity contribution in [1.29, 1.82) is 0 Å². The summed E-state index contributed by atoms with van der Waals surface area (Å²) in [4.78, 5) is 14.8. The number of nitrogens with zero attached hydrogens (tertiary/aromatic N) is 1. The van der Waals surface area contributed by atoms with Crippen molar-refractivity contribution in [3.63, 3.8) is 0 Å². The van der Waals surface area contributed by atoms with Crippen molar-refractivity contribution in [2.45, 2.75) is 32.6 Å². The van der Waals surface area contributed by atoms with Crippen LogP contribution in [0.15, 0.2) is 60.7 Å². The van der Waals surface area contributed by atoms with Gasteiger partial charge < -0.3 is 4.90 Å². The maximum Gasteiger partial charge on any atom is 0.254 e. The molecule has 0 fully saturated rings. The predicted octanol–water partition coefficient (Wildman–Crippen LogP) is 4.96. The van der Waals surface area contributed by atoms with Crippen molar-refractivity contribution >= 4 is 11.5 Å². The smallest absolute Gasteiger partial charge is 0.254 e. The largest absolute Gasteiger partial charge is 0.334 e. The number of unbranched alkanes of at least 4 members (excludes halogenated alkanes) is 1. The van der Waals surface area contributed by atoms with E-state index in [1.54, 1.807) is 0 Å². The highest BCUT2D eigenvalue weighted by Crippen LogP contribution is 2.22. The number of benzene rings is 2. The summed E-state index contributed by atoms with van der Waals surface area (Å²) in [5, 5.41) is 0. The molecule has 0 unspecified atom stereocenters. The Bertz CT molecular complexity index is 701. The third-order valence-corrected chi connectivity index (χ3v) is 4.60. The second-order valence-electron chi connectivity index (χ2n) is 6.41. The molecule has 0 atom stereocenters. The lowest BCUT2D eigenvalue weighted by atomic mass is 10.00. The molecule has 2 aromatic rings. The number of hydrogen-bond acceptors (Lipinski definition) is 1. The number of rotatable bonds is 5. The van der Waals surface area contributed by atoms with Gasteiger partial charge in [-0.15, -0.1) is 0 Å². The maximum absolute atomic E-state index is 12.8. The first-order valence-electron chi connectivity index (χ1n) is 8.90. The van der Waals surface area contributed by atoms with Crippen LogP contribution in [0.5, 0.6) is 0 Å². The molecule has 0 saturated carbocycles. The minimum Gasteiger partial charge on any atom is -0.334 e. The highest BCUT2D eigenvalue weighted by molar-refractivity contribution is 5.95. The molecule has 0 N–H and O–H groups in total. The van der Waals surface area contributed by atoms with Gasteiger partial charge in [-0.25, -0.2) is 0 Å². The Morgan fingerprint density at radius 3 is 2.50 bits per heavy atom. The van der Waals surface area contributed by atoms with Crippen LogP contribution in [0.1, 0.15) is 47.7 Å². The monoisotopic (exact) mass is 319 g/mol. The van der Waals surface area contributed by atoms with Gasteiger partial charge in [-0.2, -0.15) is 0 Å². The van der Waals surface area contributed by atoms with Crippen molar-refractivity contribution in [2.75, 3.05) is 13.1 Å². The number of aryl methyl sites for hydroxylation is 1. The van der Waals surface area contributed by atoms with Crippen LogP contribution in [-0.4, -0.2) is 23.9 Å². The minimum atomic E-state index is 0.138.